The lowest BCUT2D eigenvalue weighted by atomic mass is 10.3. The standard InChI is InChI=1S/C7H6N2OS/c10-5-6-3-8-7-9(4-6)1-2-11-7/h1-3,5H,4H2. The summed E-state index contributed by atoms with van der Waals surface area (Å²) in [5.74, 6) is 0. The van der Waals surface area contributed by atoms with E-state index in [4.69, 9.17) is 0 Å². The number of amidine groups is 1. The van der Waals surface area contributed by atoms with Gasteiger partial charge in [0.2, 0.25) is 0 Å². The second-order valence-corrected chi connectivity index (χ2v) is 3.14. The van der Waals surface area contributed by atoms with E-state index in [1.165, 1.54) is 0 Å². The number of hydrogen-bond acceptors (Lipinski definition) is 4. The van der Waals surface area contributed by atoms with Gasteiger partial charge in [0.1, 0.15) is 6.29 Å². The maximum atomic E-state index is 10.4. The van der Waals surface area contributed by atoms with Crippen LogP contribution in [0.2, 0.25) is 0 Å². The number of aliphatic imine (C=N–C) groups is 1. The number of rotatable bonds is 1. The molecule has 0 saturated carbocycles. The van der Waals surface area contributed by atoms with Gasteiger partial charge in [0, 0.05) is 18.0 Å². The average Bonchev–Trinajstić information content (AvgIpc) is 2.50. The van der Waals surface area contributed by atoms with Crippen molar-refractivity contribution in [3.63, 3.8) is 0 Å². The fourth-order valence-corrected chi connectivity index (χ4v) is 1.67. The molecule has 0 saturated heterocycles. The molecule has 0 aromatic rings. The summed E-state index contributed by atoms with van der Waals surface area (Å²) in [6.45, 7) is 0.659. The number of aldehydes is 1. The molecule has 3 nitrogen and oxygen atoms in total. The van der Waals surface area contributed by atoms with E-state index in [2.05, 4.69) is 4.99 Å². The second kappa shape index (κ2) is 2.54. The van der Waals surface area contributed by atoms with E-state index in [0.717, 1.165) is 17.0 Å². The summed E-state index contributed by atoms with van der Waals surface area (Å²) in [4.78, 5) is 16.4. The van der Waals surface area contributed by atoms with Crippen molar-refractivity contribution < 1.29 is 4.79 Å². The van der Waals surface area contributed by atoms with Crippen molar-refractivity contribution in [3.8, 4) is 0 Å². The van der Waals surface area contributed by atoms with Crippen molar-refractivity contribution in [1.29, 1.82) is 0 Å². The minimum absolute atomic E-state index is 0.659. The van der Waals surface area contributed by atoms with Crippen molar-refractivity contribution in [2.45, 2.75) is 0 Å². The Hall–Kier alpha value is -1.03. The summed E-state index contributed by atoms with van der Waals surface area (Å²) in [6, 6.07) is 0. The van der Waals surface area contributed by atoms with Crippen molar-refractivity contribution >= 4 is 23.2 Å². The molecule has 4 heteroatoms. The molecular formula is C7H6N2OS. The van der Waals surface area contributed by atoms with Crippen molar-refractivity contribution in [2.24, 2.45) is 4.99 Å². The van der Waals surface area contributed by atoms with Gasteiger partial charge in [0.15, 0.2) is 5.17 Å². The zero-order valence-corrected chi connectivity index (χ0v) is 6.54. The van der Waals surface area contributed by atoms with Gasteiger partial charge in [0.25, 0.3) is 0 Å². The first-order valence-electron chi connectivity index (χ1n) is 3.22. The van der Waals surface area contributed by atoms with Crippen LogP contribution in [-0.2, 0) is 4.79 Å². The van der Waals surface area contributed by atoms with E-state index < -0.39 is 0 Å². The van der Waals surface area contributed by atoms with Crippen molar-refractivity contribution in [1.82, 2.24) is 4.90 Å². The molecule has 0 amide bonds. The molecule has 11 heavy (non-hydrogen) atoms. The smallest absolute Gasteiger partial charge is 0.172 e. The third-order valence-electron chi connectivity index (χ3n) is 1.51. The van der Waals surface area contributed by atoms with Crippen LogP contribution in [0.4, 0.5) is 0 Å². The zero-order chi connectivity index (χ0) is 7.68. The highest BCUT2D eigenvalue weighted by molar-refractivity contribution is 8.16. The van der Waals surface area contributed by atoms with Gasteiger partial charge in [-0.1, -0.05) is 11.8 Å². The van der Waals surface area contributed by atoms with Gasteiger partial charge in [-0.2, -0.15) is 0 Å². The molecular weight excluding hydrogens is 160 g/mol. The maximum Gasteiger partial charge on any atom is 0.172 e. The van der Waals surface area contributed by atoms with Crippen LogP contribution in [0.3, 0.4) is 0 Å². The van der Waals surface area contributed by atoms with E-state index in [1.54, 1.807) is 18.0 Å². The summed E-state index contributed by atoms with van der Waals surface area (Å²) in [7, 11) is 0. The Labute approximate surface area is 68.5 Å². The van der Waals surface area contributed by atoms with E-state index in [1.807, 2.05) is 16.5 Å². The van der Waals surface area contributed by atoms with E-state index in [0.29, 0.717) is 6.54 Å². The Morgan fingerprint density at radius 3 is 3.45 bits per heavy atom. The van der Waals surface area contributed by atoms with Gasteiger partial charge in [-0.05, 0) is 5.41 Å². The molecule has 0 unspecified atom stereocenters. The lowest BCUT2D eigenvalue weighted by Gasteiger charge is -2.18. The Balaban J connectivity index is 2.26. The summed E-state index contributed by atoms with van der Waals surface area (Å²) in [6.07, 6.45) is 4.40. The topological polar surface area (TPSA) is 32.7 Å². The molecule has 0 bridgehead atoms. The van der Waals surface area contributed by atoms with Gasteiger partial charge < -0.3 is 4.90 Å². The molecule has 0 atom stereocenters. The molecule has 0 N–H and O–H groups in total. The first-order valence-corrected chi connectivity index (χ1v) is 4.10. The fourth-order valence-electron chi connectivity index (χ4n) is 0.964. The molecule has 0 aromatic heterocycles. The molecule has 0 aromatic carbocycles. The molecule has 2 aliphatic rings. The van der Waals surface area contributed by atoms with E-state index >= 15 is 0 Å². The van der Waals surface area contributed by atoms with Crippen LogP contribution in [0.25, 0.3) is 0 Å². The third kappa shape index (κ3) is 1.09. The molecule has 0 radical (unpaired) electrons. The Bertz CT molecular complexity index is 280. The SMILES string of the molecule is O=CC1=CN=C2SC=CN2C1. The molecule has 56 valence electrons. The first kappa shape index (κ1) is 6.67. The van der Waals surface area contributed by atoms with Crippen LogP contribution in [0.5, 0.6) is 0 Å². The number of thioether (sulfide) groups is 1. The van der Waals surface area contributed by atoms with Gasteiger partial charge >= 0.3 is 0 Å². The van der Waals surface area contributed by atoms with Gasteiger partial charge in [0.05, 0.1) is 6.54 Å². The van der Waals surface area contributed by atoms with Gasteiger partial charge in [-0.25, -0.2) is 4.99 Å². The van der Waals surface area contributed by atoms with E-state index in [9.17, 15) is 4.79 Å². The maximum absolute atomic E-state index is 10.4. The number of carbonyl (C=O) groups excluding carboxylic acids is 1. The predicted octanol–water partition coefficient (Wildman–Crippen LogP) is 0.959. The predicted molar refractivity (Wildman–Crippen MR) is 45.0 cm³/mol. The summed E-state index contributed by atoms with van der Waals surface area (Å²) in [5.41, 5.74) is 0.723. The summed E-state index contributed by atoms with van der Waals surface area (Å²) in [5, 5.41) is 2.91. The molecule has 2 aliphatic heterocycles. The normalized spacial score (nSPS) is 20.9. The fraction of sp³-hybridized carbons (Fsp3) is 0.143. The number of carbonyl (C=O) groups is 1. The van der Waals surface area contributed by atoms with Crippen LogP contribution in [0.1, 0.15) is 0 Å². The lowest BCUT2D eigenvalue weighted by Crippen LogP contribution is -2.25. The highest BCUT2D eigenvalue weighted by atomic mass is 32.2. The lowest BCUT2D eigenvalue weighted by molar-refractivity contribution is -0.105. The molecule has 2 rings (SSSR count). The summed E-state index contributed by atoms with van der Waals surface area (Å²) < 4.78 is 0. The summed E-state index contributed by atoms with van der Waals surface area (Å²) >= 11 is 1.57. The van der Waals surface area contributed by atoms with Crippen LogP contribution < -0.4 is 0 Å². The monoisotopic (exact) mass is 166 g/mol. The highest BCUT2D eigenvalue weighted by Gasteiger charge is 2.17. The van der Waals surface area contributed by atoms with Crippen molar-refractivity contribution in [3.05, 3.63) is 23.4 Å². The minimum atomic E-state index is 0.659. The van der Waals surface area contributed by atoms with Gasteiger partial charge in [-0.3, -0.25) is 4.79 Å². The van der Waals surface area contributed by atoms with Crippen LogP contribution in [0, 0.1) is 0 Å². The Morgan fingerprint density at radius 1 is 1.73 bits per heavy atom. The number of hydrogen-bond donors (Lipinski definition) is 0. The average molecular weight is 166 g/mol. The first-order chi connectivity index (χ1) is 5.40. The van der Waals surface area contributed by atoms with Crippen LogP contribution in [0.15, 0.2) is 28.4 Å². The number of nitrogens with zero attached hydrogens (tertiary/aromatic N) is 2. The molecule has 0 aliphatic carbocycles. The van der Waals surface area contributed by atoms with Crippen LogP contribution in [-0.4, -0.2) is 22.9 Å². The Kier molecular flexibility index (Phi) is 1.54. The highest BCUT2D eigenvalue weighted by Crippen LogP contribution is 2.22. The zero-order valence-electron chi connectivity index (χ0n) is 5.73. The van der Waals surface area contributed by atoms with Crippen LogP contribution >= 0.6 is 11.8 Å². The van der Waals surface area contributed by atoms with Gasteiger partial charge in [-0.15, -0.1) is 0 Å². The largest absolute Gasteiger partial charge is 0.322 e. The quantitative estimate of drug-likeness (QED) is 0.544. The molecule has 2 heterocycles. The third-order valence-corrected chi connectivity index (χ3v) is 2.31. The molecule has 0 spiro atoms. The minimum Gasteiger partial charge on any atom is -0.322 e. The van der Waals surface area contributed by atoms with Crippen molar-refractivity contribution in [2.75, 3.05) is 6.54 Å². The molecule has 0 fully saturated rings. The second-order valence-electron chi connectivity index (χ2n) is 2.26. The number of fused-ring (bicyclic) bond motifs is 1. The van der Waals surface area contributed by atoms with E-state index in [-0.39, 0.29) is 0 Å². The Morgan fingerprint density at radius 2 is 2.64 bits per heavy atom.